The molecule has 0 aliphatic heterocycles. The van der Waals surface area contributed by atoms with Crippen LogP contribution >= 0.6 is 34.8 Å². The Morgan fingerprint density at radius 1 is 1.25 bits per heavy atom. The molecule has 0 saturated heterocycles. The third-order valence-corrected chi connectivity index (χ3v) is 0.490. The lowest BCUT2D eigenvalue weighted by molar-refractivity contribution is -0.133. The maximum Gasteiger partial charge on any atom is 0.348 e. The molecule has 0 rings (SSSR count). The van der Waals surface area contributed by atoms with Gasteiger partial charge in [-0.15, -0.1) is 0 Å². The van der Waals surface area contributed by atoms with E-state index in [2.05, 4.69) is 4.74 Å². The van der Waals surface area contributed by atoms with Gasteiger partial charge in [0.05, 0.1) is 0 Å². The lowest BCUT2D eigenvalue weighted by Crippen LogP contribution is -2.12. The van der Waals surface area contributed by atoms with Crippen LogP contribution in [0.4, 0.5) is 8.78 Å². The normalized spacial score (nSPS) is 12.8. The molecule has 0 fully saturated rings. The van der Waals surface area contributed by atoms with Crippen molar-refractivity contribution in [3.8, 4) is 0 Å². The van der Waals surface area contributed by atoms with Crippen molar-refractivity contribution in [2.75, 3.05) is 0 Å². The molecule has 0 aromatic carbocycles. The second-order valence-corrected chi connectivity index (χ2v) is 3.00. The fraction of sp³-hybridized carbons (Fsp3) is 1.00. The van der Waals surface area contributed by atoms with Gasteiger partial charge in [0.2, 0.25) is 0 Å². The highest BCUT2D eigenvalue weighted by Crippen LogP contribution is 2.29. The molecule has 0 spiro atoms. The Labute approximate surface area is 59.5 Å². The Morgan fingerprint density at radius 3 is 1.62 bits per heavy atom. The van der Waals surface area contributed by atoms with Crippen LogP contribution in [0.5, 0.6) is 0 Å². The van der Waals surface area contributed by atoms with Crippen molar-refractivity contribution in [1.82, 2.24) is 0 Å². The van der Waals surface area contributed by atoms with Gasteiger partial charge in [-0.2, -0.15) is 8.78 Å². The van der Waals surface area contributed by atoms with Crippen LogP contribution in [0.1, 0.15) is 0 Å². The minimum Gasteiger partial charge on any atom is -0.272 e. The first-order valence-electron chi connectivity index (χ1n) is 1.44. The Kier molecular flexibility index (Phi) is 3.27. The zero-order chi connectivity index (χ0) is 6.78. The van der Waals surface area contributed by atoms with E-state index in [9.17, 15) is 8.78 Å². The smallest absolute Gasteiger partial charge is 0.272 e. The molecular weight excluding hydrogens is 184 g/mol. The fourth-order valence-corrected chi connectivity index (χ4v) is 0.303. The second kappa shape index (κ2) is 3.01. The van der Waals surface area contributed by atoms with E-state index in [0.29, 0.717) is 0 Å². The molecule has 8 heavy (non-hydrogen) atoms. The van der Waals surface area contributed by atoms with Crippen molar-refractivity contribution in [3.05, 3.63) is 0 Å². The molecular formula is C2HCl3F2O. The Bertz CT molecular complexity index is 70.2. The molecule has 0 aromatic rings. The van der Waals surface area contributed by atoms with Crippen molar-refractivity contribution >= 4 is 34.8 Å². The average molecular weight is 185 g/mol. The Balaban J connectivity index is 3.39. The molecule has 0 radical (unpaired) electrons. The van der Waals surface area contributed by atoms with Gasteiger partial charge in [-0.25, -0.2) is 0 Å². The minimum absolute atomic E-state index is 2.31. The topological polar surface area (TPSA) is 9.23 Å². The van der Waals surface area contributed by atoms with Gasteiger partial charge in [0.25, 0.3) is 0 Å². The molecule has 50 valence electrons. The lowest BCUT2D eigenvalue weighted by Gasteiger charge is -2.09. The third-order valence-electron chi connectivity index (χ3n) is 0.223. The van der Waals surface area contributed by atoms with Gasteiger partial charge in [-0.3, -0.25) is 4.74 Å². The SMILES string of the molecule is FC(F)OC(Cl)(Cl)Cl. The molecule has 0 aromatic heterocycles. The zero-order valence-electron chi connectivity index (χ0n) is 3.38. The summed E-state index contributed by atoms with van der Waals surface area (Å²) >= 11 is 14.3. The first-order chi connectivity index (χ1) is 3.42. The standard InChI is InChI=1S/C2HCl3F2O/c3-2(4,5)8-1(6)7/h1H. The van der Waals surface area contributed by atoms with E-state index >= 15 is 0 Å². The van der Waals surface area contributed by atoms with E-state index < -0.39 is 10.6 Å². The van der Waals surface area contributed by atoms with Gasteiger partial charge in [0, 0.05) is 0 Å². The van der Waals surface area contributed by atoms with Crippen molar-refractivity contribution in [2.24, 2.45) is 0 Å². The van der Waals surface area contributed by atoms with Crippen LogP contribution in [-0.2, 0) is 4.74 Å². The van der Waals surface area contributed by atoms with Gasteiger partial charge < -0.3 is 0 Å². The zero-order valence-corrected chi connectivity index (χ0v) is 5.64. The summed E-state index contributed by atoms with van der Waals surface area (Å²) in [6.07, 6.45) is 0. The van der Waals surface area contributed by atoms with Crippen molar-refractivity contribution in [3.63, 3.8) is 0 Å². The summed E-state index contributed by atoms with van der Waals surface area (Å²) in [5.74, 6) is 0. The summed E-state index contributed by atoms with van der Waals surface area (Å²) in [5, 5.41) is 0. The number of rotatable bonds is 1. The first kappa shape index (κ1) is 8.69. The number of hydrogen-bond donors (Lipinski definition) is 0. The summed E-state index contributed by atoms with van der Waals surface area (Å²) in [6.45, 7) is -3.05. The van der Waals surface area contributed by atoms with Crippen LogP contribution < -0.4 is 0 Å². The highest BCUT2D eigenvalue weighted by Gasteiger charge is 2.25. The van der Waals surface area contributed by atoms with Gasteiger partial charge in [-0.05, 0) is 0 Å². The predicted octanol–water partition coefficient (Wildman–Crippen LogP) is 2.55. The van der Waals surface area contributed by atoms with E-state index in [1.54, 1.807) is 0 Å². The molecule has 0 aliphatic rings. The number of alkyl halides is 5. The van der Waals surface area contributed by atoms with Gasteiger partial charge in [0.15, 0.2) is 0 Å². The molecule has 6 heteroatoms. The van der Waals surface area contributed by atoms with Crippen LogP contribution in [0.15, 0.2) is 0 Å². The molecule has 0 heterocycles. The second-order valence-electron chi connectivity index (χ2n) is 0.824. The molecule has 0 aliphatic carbocycles. The van der Waals surface area contributed by atoms with Crippen LogP contribution in [-0.4, -0.2) is 10.6 Å². The monoisotopic (exact) mass is 184 g/mol. The van der Waals surface area contributed by atoms with Gasteiger partial charge in [-0.1, -0.05) is 34.8 Å². The predicted molar refractivity (Wildman–Crippen MR) is 27.4 cm³/mol. The minimum atomic E-state index is -3.05. The van der Waals surface area contributed by atoms with Crippen LogP contribution in [0, 0.1) is 0 Å². The summed E-state index contributed by atoms with van der Waals surface area (Å²) in [4.78, 5) is 0. The first-order valence-corrected chi connectivity index (χ1v) is 2.58. The number of ether oxygens (including phenoxy) is 1. The summed E-state index contributed by atoms with van der Waals surface area (Å²) in [7, 11) is 0. The quantitative estimate of drug-likeness (QED) is 0.571. The highest BCUT2D eigenvalue weighted by molar-refractivity contribution is 6.66. The number of hydrogen-bond acceptors (Lipinski definition) is 1. The maximum atomic E-state index is 11.1. The van der Waals surface area contributed by atoms with Gasteiger partial charge >= 0.3 is 10.6 Å². The Morgan fingerprint density at radius 2 is 1.62 bits per heavy atom. The van der Waals surface area contributed by atoms with Gasteiger partial charge in [0.1, 0.15) is 0 Å². The molecule has 0 saturated carbocycles. The lowest BCUT2D eigenvalue weighted by atomic mass is 11.4. The Hall–Kier alpha value is 0.690. The molecule has 0 N–H and O–H groups in total. The van der Waals surface area contributed by atoms with Crippen LogP contribution in [0.2, 0.25) is 0 Å². The largest absolute Gasteiger partial charge is 0.348 e. The van der Waals surface area contributed by atoms with E-state index in [-0.39, 0.29) is 0 Å². The third kappa shape index (κ3) is 6.69. The van der Waals surface area contributed by atoms with E-state index in [4.69, 9.17) is 34.8 Å². The molecule has 0 unspecified atom stereocenters. The molecule has 0 atom stereocenters. The molecule has 0 amide bonds. The summed E-state index contributed by atoms with van der Waals surface area (Å²) in [5.41, 5.74) is 0. The maximum absolute atomic E-state index is 11.1. The number of halogens is 5. The van der Waals surface area contributed by atoms with E-state index in [1.165, 1.54) is 0 Å². The van der Waals surface area contributed by atoms with Crippen LogP contribution in [0.3, 0.4) is 0 Å². The van der Waals surface area contributed by atoms with Crippen molar-refractivity contribution in [1.29, 1.82) is 0 Å². The fourth-order valence-electron chi connectivity index (χ4n) is 0.101. The highest BCUT2D eigenvalue weighted by atomic mass is 35.6. The summed E-state index contributed by atoms with van der Waals surface area (Å²) in [6, 6.07) is 0. The van der Waals surface area contributed by atoms with Crippen molar-refractivity contribution in [2.45, 2.75) is 10.6 Å². The summed E-state index contributed by atoms with van der Waals surface area (Å²) < 4.78 is 23.2. The van der Waals surface area contributed by atoms with Crippen molar-refractivity contribution < 1.29 is 13.5 Å². The van der Waals surface area contributed by atoms with Crippen LogP contribution in [0.25, 0.3) is 0 Å². The van der Waals surface area contributed by atoms with E-state index in [0.717, 1.165) is 0 Å². The van der Waals surface area contributed by atoms with E-state index in [1.807, 2.05) is 0 Å². The molecule has 1 nitrogen and oxygen atoms in total. The average Bonchev–Trinajstić information content (AvgIpc) is 1.21. The molecule has 0 bridgehead atoms.